The molecule has 1 atom stereocenters. The van der Waals surface area contributed by atoms with Gasteiger partial charge in [-0.25, -0.2) is 4.68 Å². The standard InChI is InChI=1S/C25H28N6O2S/c1-16(2)31-22(13-14-26-31)27-24(32)18(4)34-25-29-28-23(19-8-6-7-17(3)15-19)30(25)20-9-11-21(33-5)12-10-20/h6-16,18H,1-5H3,(H,27,32). The van der Waals surface area contributed by atoms with Gasteiger partial charge in [-0.15, -0.1) is 10.2 Å². The highest BCUT2D eigenvalue weighted by atomic mass is 32.2. The molecule has 0 aliphatic carbocycles. The van der Waals surface area contributed by atoms with Crippen LogP contribution in [-0.2, 0) is 4.79 Å². The Labute approximate surface area is 203 Å². The van der Waals surface area contributed by atoms with Crippen LogP contribution in [0.25, 0.3) is 17.1 Å². The highest BCUT2D eigenvalue weighted by Crippen LogP contribution is 2.31. The van der Waals surface area contributed by atoms with Crippen molar-refractivity contribution in [3.8, 4) is 22.8 Å². The molecule has 176 valence electrons. The highest BCUT2D eigenvalue weighted by Gasteiger charge is 2.23. The first-order valence-corrected chi connectivity index (χ1v) is 11.9. The predicted molar refractivity (Wildman–Crippen MR) is 135 cm³/mol. The van der Waals surface area contributed by atoms with Gasteiger partial charge >= 0.3 is 0 Å². The molecule has 1 unspecified atom stereocenters. The van der Waals surface area contributed by atoms with Crippen molar-refractivity contribution >= 4 is 23.5 Å². The molecule has 1 amide bonds. The molecule has 0 aliphatic heterocycles. The van der Waals surface area contributed by atoms with Crippen molar-refractivity contribution in [2.75, 3.05) is 12.4 Å². The molecule has 0 aliphatic rings. The number of hydrogen-bond acceptors (Lipinski definition) is 6. The number of hydrogen-bond donors (Lipinski definition) is 1. The van der Waals surface area contributed by atoms with Crippen molar-refractivity contribution in [1.29, 1.82) is 0 Å². The number of anilines is 1. The first-order chi connectivity index (χ1) is 16.4. The van der Waals surface area contributed by atoms with Crippen molar-refractivity contribution in [2.45, 2.75) is 44.1 Å². The second-order valence-corrected chi connectivity index (χ2v) is 9.52. The van der Waals surface area contributed by atoms with E-state index in [-0.39, 0.29) is 11.9 Å². The van der Waals surface area contributed by atoms with Gasteiger partial charge < -0.3 is 10.1 Å². The van der Waals surface area contributed by atoms with Crippen LogP contribution in [0.5, 0.6) is 5.75 Å². The molecular weight excluding hydrogens is 448 g/mol. The van der Waals surface area contributed by atoms with Gasteiger partial charge in [-0.05, 0) is 58.0 Å². The second kappa shape index (κ2) is 10.1. The molecule has 8 nitrogen and oxygen atoms in total. The predicted octanol–water partition coefficient (Wildman–Crippen LogP) is 5.15. The molecule has 1 N–H and O–H groups in total. The van der Waals surface area contributed by atoms with Crippen LogP contribution in [0.15, 0.2) is 66.0 Å². The minimum atomic E-state index is -0.415. The number of thioether (sulfide) groups is 1. The SMILES string of the molecule is COc1ccc(-n2c(SC(C)C(=O)Nc3ccnn3C(C)C)nnc2-c2cccc(C)c2)cc1. The Morgan fingerprint density at radius 3 is 2.50 bits per heavy atom. The van der Waals surface area contributed by atoms with Gasteiger partial charge in [0.2, 0.25) is 5.91 Å². The van der Waals surface area contributed by atoms with E-state index in [0.717, 1.165) is 22.6 Å². The van der Waals surface area contributed by atoms with E-state index < -0.39 is 5.25 Å². The number of aromatic nitrogens is 5. The fourth-order valence-corrected chi connectivity index (χ4v) is 4.41. The van der Waals surface area contributed by atoms with E-state index in [4.69, 9.17) is 4.74 Å². The molecular formula is C25H28N6O2S. The molecule has 34 heavy (non-hydrogen) atoms. The summed E-state index contributed by atoms with van der Waals surface area (Å²) in [6, 6.07) is 17.8. The van der Waals surface area contributed by atoms with Gasteiger partial charge in [0, 0.05) is 23.4 Å². The zero-order valence-corrected chi connectivity index (χ0v) is 20.7. The molecule has 0 saturated heterocycles. The number of amides is 1. The number of nitrogens with one attached hydrogen (secondary N) is 1. The maximum absolute atomic E-state index is 13.0. The number of nitrogens with zero attached hydrogens (tertiary/aromatic N) is 5. The molecule has 9 heteroatoms. The van der Waals surface area contributed by atoms with Crippen molar-refractivity contribution in [3.05, 3.63) is 66.4 Å². The quantitative estimate of drug-likeness (QED) is 0.354. The fourth-order valence-electron chi connectivity index (χ4n) is 3.55. The van der Waals surface area contributed by atoms with Crippen LogP contribution < -0.4 is 10.1 Å². The first kappa shape index (κ1) is 23.6. The summed E-state index contributed by atoms with van der Waals surface area (Å²) in [6.07, 6.45) is 1.68. The summed E-state index contributed by atoms with van der Waals surface area (Å²) in [7, 11) is 1.64. The summed E-state index contributed by atoms with van der Waals surface area (Å²) in [6.45, 7) is 7.94. The zero-order chi connectivity index (χ0) is 24.2. The molecule has 2 aromatic heterocycles. The summed E-state index contributed by atoms with van der Waals surface area (Å²) in [5, 5.41) is 16.4. The fraction of sp³-hybridized carbons (Fsp3) is 0.280. The molecule has 2 aromatic carbocycles. The van der Waals surface area contributed by atoms with Crippen molar-refractivity contribution in [2.24, 2.45) is 0 Å². The minimum Gasteiger partial charge on any atom is -0.497 e. The third-order valence-electron chi connectivity index (χ3n) is 5.30. The Morgan fingerprint density at radius 1 is 1.06 bits per heavy atom. The van der Waals surface area contributed by atoms with Crippen LogP contribution in [0.3, 0.4) is 0 Å². The lowest BCUT2D eigenvalue weighted by Crippen LogP contribution is -2.25. The normalized spacial score (nSPS) is 12.1. The van der Waals surface area contributed by atoms with Crippen LogP contribution in [0.4, 0.5) is 5.82 Å². The largest absolute Gasteiger partial charge is 0.497 e. The number of ether oxygens (including phenoxy) is 1. The van der Waals surface area contributed by atoms with Gasteiger partial charge in [-0.3, -0.25) is 9.36 Å². The number of methoxy groups -OCH3 is 1. The summed E-state index contributed by atoms with van der Waals surface area (Å²) in [5.41, 5.74) is 2.97. The van der Waals surface area contributed by atoms with Gasteiger partial charge in [-0.1, -0.05) is 35.5 Å². The van der Waals surface area contributed by atoms with E-state index in [1.54, 1.807) is 24.1 Å². The van der Waals surface area contributed by atoms with Gasteiger partial charge in [0.15, 0.2) is 11.0 Å². The average molecular weight is 477 g/mol. The van der Waals surface area contributed by atoms with Gasteiger partial charge in [0.05, 0.1) is 18.6 Å². The molecule has 0 fully saturated rings. The van der Waals surface area contributed by atoms with E-state index in [1.165, 1.54) is 11.8 Å². The molecule has 0 radical (unpaired) electrons. The smallest absolute Gasteiger partial charge is 0.238 e. The summed E-state index contributed by atoms with van der Waals surface area (Å²) >= 11 is 1.36. The third-order valence-corrected chi connectivity index (χ3v) is 6.35. The summed E-state index contributed by atoms with van der Waals surface area (Å²) in [4.78, 5) is 13.0. The lowest BCUT2D eigenvalue weighted by Gasteiger charge is -2.16. The van der Waals surface area contributed by atoms with Crippen LogP contribution in [0.2, 0.25) is 0 Å². The Bertz CT molecular complexity index is 1280. The van der Waals surface area contributed by atoms with E-state index in [2.05, 4.69) is 26.7 Å². The molecule has 0 spiro atoms. The van der Waals surface area contributed by atoms with E-state index in [0.29, 0.717) is 16.8 Å². The van der Waals surface area contributed by atoms with Gasteiger partial charge in [0.25, 0.3) is 0 Å². The summed E-state index contributed by atoms with van der Waals surface area (Å²) in [5.74, 6) is 2.01. The van der Waals surface area contributed by atoms with Crippen molar-refractivity contribution < 1.29 is 9.53 Å². The monoisotopic (exact) mass is 476 g/mol. The number of benzene rings is 2. The van der Waals surface area contributed by atoms with Crippen LogP contribution in [0, 0.1) is 6.92 Å². The average Bonchev–Trinajstić information content (AvgIpc) is 3.46. The molecule has 4 rings (SSSR count). The zero-order valence-electron chi connectivity index (χ0n) is 19.9. The second-order valence-electron chi connectivity index (χ2n) is 8.21. The Morgan fingerprint density at radius 2 is 1.82 bits per heavy atom. The maximum atomic E-state index is 13.0. The maximum Gasteiger partial charge on any atom is 0.238 e. The first-order valence-electron chi connectivity index (χ1n) is 11.0. The van der Waals surface area contributed by atoms with Crippen molar-refractivity contribution in [1.82, 2.24) is 24.5 Å². The lowest BCUT2D eigenvalue weighted by molar-refractivity contribution is -0.115. The number of carbonyl (C=O) groups excluding carboxylic acids is 1. The van der Waals surface area contributed by atoms with E-state index >= 15 is 0 Å². The van der Waals surface area contributed by atoms with E-state index in [1.807, 2.05) is 74.7 Å². The number of rotatable bonds is 8. The Hall–Kier alpha value is -3.59. The van der Waals surface area contributed by atoms with Gasteiger partial charge in [-0.2, -0.15) is 5.10 Å². The molecule has 2 heterocycles. The Kier molecular flexibility index (Phi) is 7.02. The van der Waals surface area contributed by atoms with Crippen LogP contribution >= 0.6 is 11.8 Å². The van der Waals surface area contributed by atoms with Crippen molar-refractivity contribution in [3.63, 3.8) is 0 Å². The minimum absolute atomic E-state index is 0.131. The molecule has 0 bridgehead atoms. The molecule has 0 saturated carbocycles. The number of carbonyl (C=O) groups is 1. The van der Waals surface area contributed by atoms with Crippen LogP contribution in [-0.4, -0.2) is 42.8 Å². The number of aryl methyl sites for hydroxylation is 1. The highest BCUT2D eigenvalue weighted by molar-refractivity contribution is 8.00. The lowest BCUT2D eigenvalue weighted by atomic mass is 10.1. The summed E-state index contributed by atoms with van der Waals surface area (Å²) < 4.78 is 9.07. The third kappa shape index (κ3) is 4.99. The van der Waals surface area contributed by atoms with E-state index in [9.17, 15) is 4.79 Å². The topological polar surface area (TPSA) is 86.9 Å². The Balaban J connectivity index is 1.65. The molecule has 4 aromatic rings. The van der Waals surface area contributed by atoms with Crippen LogP contribution in [0.1, 0.15) is 32.4 Å². The van der Waals surface area contributed by atoms with Gasteiger partial charge in [0.1, 0.15) is 11.6 Å².